The molecule has 0 aliphatic heterocycles. The fourth-order valence-electron chi connectivity index (χ4n) is 2.94. The zero-order chi connectivity index (χ0) is 13.6. The molecule has 1 aliphatic carbocycles. The topological polar surface area (TPSA) is 0 Å². The highest BCUT2D eigenvalue weighted by Gasteiger charge is 2.14. The number of hydrogen-bond acceptors (Lipinski definition) is 0. The van der Waals surface area contributed by atoms with Crippen molar-refractivity contribution in [2.45, 2.75) is 38.0 Å². The lowest BCUT2D eigenvalue weighted by Crippen LogP contribution is -2.04. The third-order valence-corrected chi connectivity index (χ3v) is 4.11. The molecule has 0 heteroatoms. The van der Waals surface area contributed by atoms with Crippen LogP contribution in [0.3, 0.4) is 0 Å². The number of benzene rings is 2. The number of hydrogen-bond donors (Lipinski definition) is 0. The van der Waals surface area contributed by atoms with Gasteiger partial charge in [-0.1, -0.05) is 61.4 Å². The third kappa shape index (κ3) is 3.31. The van der Waals surface area contributed by atoms with E-state index in [1.165, 1.54) is 37.7 Å². The minimum Gasteiger partial charge on any atom is -0.0622 e. The Bertz CT molecular complexity index is 590. The van der Waals surface area contributed by atoms with Gasteiger partial charge in [-0.15, -0.1) is 0 Å². The fourth-order valence-corrected chi connectivity index (χ4v) is 2.94. The molecule has 0 bridgehead atoms. The summed E-state index contributed by atoms with van der Waals surface area (Å²) in [6.07, 6.45) is 6.90. The molecule has 20 heavy (non-hydrogen) atoms. The van der Waals surface area contributed by atoms with Crippen molar-refractivity contribution in [3.63, 3.8) is 0 Å². The second-order valence-corrected chi connectivity index (χ2v) is 5.57. The van der Waals surface area contributed by atoms with Crippen molar-refractivity contribution >= 4 is 0 Å². The molecular formula is C20H20. The van der Waals surface area contributed by atoms with Crippen LogP contribution < -0.4 is 0 Å². The monoisotopic (exact) mass is 260 g/mol. The molecule has 0 spiro atoms. The lowest BCUT2D eigenvalue weighted by molar-refractivity contribution is 0.443. The van der Waals surface area contributed by atoms with Gasteiger partial charge in [-0.3, -0.25) is 0 Å². The van der Waals surface area contributed by atoms with E-state index in [1.807, 2.05) is 30.3 Å². The van der Waals surface area contributed by atoms with E-state index >= 15 is 0 Å². The van der Waals surface area contributed by atoms with Gasteiger partial charge in [-0.05, 0) is 48.6 Å². The van der Waals surface area contributed by atoms with Crippen molar-refractivity contribution in [1.82, 2.24) is 0 Å². The van der Waals surface area contributed by atoms with E-state index in [0.29, 0.717) is 0 Å². The van der Waals surface area contributed by atoms with Crippen molar-refractivity contribution in [2.75, 3.05) is 0 Å². The highest BCUT2D eigenvalue weighted by Crippen LogP contribution is 2.32. The SMILES string of the molecule is C(#Cc1ccc(C2CCCCC2)cc1)c1ccccc1. The summed E-state index contributed by atoms with van der Waals surface area (Å²) in [6, 6.07) is 19.0. The maximum absolute atomic E-state index is 3.24. The second-order valence-electron chi connectivity index (χ2n) is 5.57. The minimum absolute atomic E-state index is 0.778. The summed E-state index contributed by atoms with van der Waals surface area (Å²) in [6.45, 7) is 0. The van der Waals surface area contributed by atoms with Gasteiger partial charge in [0.1, 0.15) is 0 Å². The van der Waals surface area contributed by atoms with Gasteiger partial charge in [0.05, 0.1) is 0 Å². The number of rotatable bonds is 1. The predicted octanol–water partition coefficient (Wildman–Crippen LogP) is 5.13. The van der Waals surface area contributed by atoms with Crippen LogP contribution >= 0.6 is 0 Å². The average Bonchev–Trinajstić information content (AvgIpc) is 2.55. The molecular weight excluding hydrogens is 240 g/mol. The van der Waals surface area contributed by atoms with E-state index in [1.54, 1.807) is 0 Å². The quantitative estimate of drug-likeness (QED) is 0.623. The molecule has 0 N–H and O–H groups in total. The molecule has 0 aromatic heterocycles. The Balaban J connectivity index is 1.72. The van der Waals surface area contributed by atoms with Gasteiger partial charge in [-0.25, -0.2) is 0 Å². The lowest BCUT2D eigenvalue weighted by atomic mass is 9.84. The third-order valence-electron chi connectivity index (χ3n) is 4.11. The Labute approximate surface area is 121 Å². The zero-order valence-electron chi connectivity index (χ0n) is 11.8. The van der Waals surface area contributed by atoms with E-state index in [2.05, 4.69) is 36.1 Å². The summed E-state index contributed by atoms with van der Waals surface area (Å²) in [5.41, 5.74) is 3.67. The maximum Gasteiger partial charge on any atom is 0.0249 e. The summed E-state index contributed by atoms with van der Waals surface area (Å²) in [7, 11) is 0. The Morgan fingerprint density at radius 3 is 1.90 bits per heavy atom. The maximum atomic E-state index is 3.24. The van der Waals surface area contributed by atoms with E-state index in [9.17, 15) is 0 Å². The summed E-state index contributed by atoms with van der Waals surface area (Å²) in [4.78, 5) is 0. The molecule has 0 amide bonds. The van der Waals surface area contributed by atoms with Crippen LogP contribution in [0.1, 0.15) is 54.7 Å². The molecule has 0 saturated heterocycles. The Morgan fingerprint density at radius 1 is 0.650 bits per heavy atom. The predicted molar refractivity (Wildman–Crippen MR) is 84.7 cm³/mol. The molecule has 2 aromatic rings. The van der Waals surface area contributed by atoms with Crippen LogP contribution in [-0.4, -0.2) is 0 Å². The van der Waals surface area contributed by atoms with Crippen LogP contribution in [0.2, 0.25) is 0 Å². The van der Waals surface area contributed by atoms with Gasteiger partial charge in [-0.2, -0.15) is 0 Å². The molecule has 3 rings (SSSR count). The highest BCUT2D eigenvalue weighted by molar-refractivity contribution is 5.43. The van der Waals surface area contributed by atoms with Gasteiger partial charge in [0, 0.05) is 11.1 Å². The average molecular weight is 260 g/mol. The van der Waals surface area contributed by atoms with Gasteiger partial charge >= 0.3 is 0 Å². The molecule has 0 atom stereocenters. The van der Waals surface area contributed by atoms with Crippen molar-refractivity contribution in [3.8, 4) is 11.8 Å². The van der Waals surface area contributed by atoms with Crippen LogP contribution in [0.25, 0.3) is 0 Å². The largest absolute Gasteiger partial charge is 0.0622 e. The van der Waals surface area contributed by atoms with Crippen LogP contribution in [0.5, 0.6) is 0 Å². The molecule has 0 radical (unpaired) electrons. The Morgan fingerprint density at radius 2 is 1.25 bits per heavy atom. The van der Waals surface area contributed by atoms with Crippen molar-refractivity contribution < 1.29 is 0 Å². The Hall–Kier alpha value is -2.00. The van der Waals surface area contributed by atoms with Crippen LogP contribution in [-0.2, 0) is 0 Å². The summed E-state index contributed by atoms with van der Waals surface area (Å²) < 4.78 is 0. The van der Waals surface area contributed by atoms with Gasteiger partial charge in [0.25, 0.3) is 0 Å². The summed E-state index contributed by atoms with van der Waals surface area (Å²) in [5, 5.41) is 0. The van der Waals surface area contributed by atoms with Crippen molar-refractivity contribution in [2.24, 2.45) is 0 Å². The summed E-state index contributed by atoms with van der Waals surface area (Å²) in [5.74, 6) is 7.23. The first kappa shape index (κ1) is 13.0. The molecule has 0 unspecified atom stereocenters. The first-order valence-electron chi connectivity index (χ1n) is 7.59. The minimum atomic E-state index is 0.778. The van der Waals surface area contributed by atoms with Gasteiger partial charge < -0.3 is 0 Å². The van der Waals surface area contributed by atoms with Crippen molar-refractivity contribution in [3.05, 3.63) is 71.3 Å². The summed E-state index contributed by atoms with van der Waals surface area (Å²) >= 11 is 0. The van der Waals surface area contributed by atoms with Crippen LogP contribution in [0, 0.1) is 11.8 Å². The van der Waals surface area contributed by atoms with Gasteiger partial charge in [0.15, 0.2) is 0 Å². The van der Waals surface area contributed by atoms with E-state index in [-0.39, 0.29) is 0 Å². The lowest BCUT2D eigenvalue weighted by Gasteiger charge is -2.21. The smallest absolute Gasteiger partial charge is 0.0249 e. The first-order chi connectivity index (χ1) is 9.92. The Kier molecular flexibility index (Phi) is 4.19. The molecule has 2 aromatic carbocycles. The normalized spacial score (nSPS) is 15.4. The molecule has 100 valence electrons. The molecule has 0 heterocycles. The zero-order valence-corrected chi connectivity index (χ0v) is 11.8. The van der Waals surface area contributed by atoms with E-state index < -0.39 is 0 Å². The van der Waals surface area contributed by atoms with Crippen molar-refractivity contribution in [1.29, 1.82) is 0 Å². The molecule has 1 aliphatic rings. The molecule has 0 nitrogen and oxygen atoms in total. The highest BCUT2D eigenvalue weighted by atomic mass is 14.2. The second kappa shape index (κ2) is 6.44. The van der Waals surface area contributed by atoms with Crippen LogP contribution in [0.15, 0.2) is 54.6 Å². The van der Waals surface area contributed by atoms with E-state index in [0.717, 1.165) is 17.0 Å². The van der Waals surface area contributed by atoms with E-state index in [4.69, 9.17) is 0 Å². The van der Waals surface area contributed by atoms with Crippen LogP contribution in [0.4, 0.5) is 0 Å². The first-order valence-corrected chi connectivity index (χ1v) is 7.59. The van der Waals surface area contributed by atoms with Gasteiger partial charge in [0.2, 0.25) is 0 Å². The molecule has 1 saturated carbocycles. The molecule has 1 fully saturated rings. The standard InChI is InChI=1S/C20H20/c1-3-7-17(8-4-1)11-12-18-13-15-20(16-14-18)19-9-5-2-6-10-19/h1,3-4,7-8,13-16,19H,2,5-6,9-10H2. The fraction of sp³-hybridized carbons (Fsp3) is 0.300.